The number of nitrogens with one attached hydrogen (secondary N) is 1. The molecule has 0 bridgehead atoms. The van der Waals surface area contributed by atoms with Gasteiger partial charge in [-0.2, -0.15) is 11.3 Å². The molecule has 1 aliphatic heterocycles. The number of para-hydroxylation sites is 1. The van der Waals surface area contributed by atoms with Crippen molar-refractivity contribution in [3.8, 4) is 0 Å². The number of fused-ring (bicyclic) bond motifs is 1. The van der Waals surface area contributed by atoms with Gasteiger partial charge in [0.1, 0.15) is 5.58 Å². The van der Waals surface area contributed by atoms with Gasteiger partial charge in [0.15, 0.2) is 5.76 Å². The highest BCUT2D eigenvalue weighted by atomic mass is 32.1. The first kappa shape index (κ1) is 19.2. The van der Waals surface area contributed by atoms with E-state index in [1.807, 2.05) is 29.6 Å². The number of benzene rings is 1. The first-order valence-corrected chi connectivity index (χ1v) is 10.4. The molecule has 4 rings (SSSR count). The van der Waals surface area contributed by atoms with Gasteiger partial charge in [0, 0.05) is 55.5 Å². The summed E-state index contributed by atoms with van der Waals surface area (Å²) in [4.78, 5) is 40.4. The Morgan fingerprint density at radius 2 is 1.79 bits per heavy atom. The average molecular weight is 411 g/mol. The van der Waals surface area contributed by atoms with Crippen LogP contribution >= 0.6 is 11.3 Å². The van der Waals surface area contributed by atoms with Gasteiger partial charge in [0.25, 0.3) is 11.8 Å². The molecule has 0 radical (unpaired) electrons. The molecule has 8 heteroatoms. The molecule has 7 nitrogen and oxygen atoms in total. The second-order valence-corrected chi connectivity index (χ2v) is 7.62. The molecule has 2 aromatic heterocycles. The van der Waals surface area contributed by atoms with Crippen LogP contribution in [0, 0.1) is 0 Å². The zero-order valence-electron chi connectivity index (χ0n) is 15.8. The maximum absolute atomic E-state index is 12.7. The molecule has 1 aliphatic rings. The zero-order chi connectivity index (χ0) is 20.2. The largest absolute Gasteiger partial charge is 0.451 e. The Hall–Kier alpha value is -3.13. The molecule has 0 unspecified atom stereocenters. The summed E-state index contributed by atoms with van der Waals surface area (Å²) in [6.45, 7) is 2.17. The minimum atomic E-state index is -0.166. The van der Waals surface area contributed by atoms with Crippen molar-refractivity contribution in [1.29, 1.82) is 0 Å². The summed E-state index contributed by atoms with van der Waals surface area (Å²) in [5.74, 6) is -0.0230. The second-order valence-electron chi connectivity index (χ2n) is 6.84. The van der Waals surface area contributed by atoms with E-state index < -0.39 is 0 Å². The van der Waals surface area contributed by atoms with Gasteiger partial charge in [0.05, 0.1) is 0 Å². The number of hydrogen-bond donors (Lipinski definition) is 1. The van der Waals surface area contributed by atoms with Gasteiger partial charge in [0.2, 0.25) is 5.91 Å². The van der Waals surface area contributed by atoms with Gasteiger partial charge in [-0.15, -0.1) is 0 Å². The minimum absolute atomic E-state index is 0.0218. The fourth-order valence-electron chi connectivity index (χ4n) is 3.34. The van der Waals surface area contributed by atoms with Crippen LogP contribution in [0.3, 0.4) is 0 Å². The van der Waals surface area contributed by atoms with Crippen LogP contribution in [0.2, 0.25) is 0 Å². The maximum Gasteiger partial charge on any atom is 0.289 e. The van der Waals surface area contributed by atoms with E-state index in [1.54, 1.807) is 27.3 Å². The van der Waals surface area contributed by atoms with Crippen LogP contribution in [-0.4, -0.2) is 60.2 Å². The average Bonchev–Trinajstić information content (AvgIpc) is 3.43. The normalized spacial score (nSPS) is 14.2. The third-order valence-corrected chi connectivity index (χ3v) is 5.65. The van der Waals surface area contributed by atoms with Crippen LogP contribution in [0.4, 0.5) is 0 Å². The van der Waals surface area contributed by atoms with Gasteiger partial charge >= 0.3 is 0 Å². The van der Waals surface area contributed by atoms with E-state index >= 15 is 0 Å². The maximum atomic E-state index is 12.7. The molecule has 29 heavy (non-hydrogen) atoms. The number of carbonyl (C=O) groups is 3. The first-order chi connectivity index (χ1) is 14.1. The number of amides is 3. The third kappa shape index (κ3) is 4.32. The number of furan rings is 1. The van der Waals surface area contributed by atoms with Gasteiger partial charge < -0.3 is 19.5 Å². The van der Waals surface area contributed by atoms with Crippen molar-refractivity contribution in [3.63, 3.8) is 0 Å². The number of thiophene rings is 1. The number of hydrogen-bond acceptors (Lipinski definition) is 5. The highest BCUT2D eigenvalue weighted by molar-refractivity contribution is 7.08. The van der Waals surface area contributed by atoms with E-state index in [1.165, 1.54) is 11.3 Å². The van der Waals surface area contributed by atoms with Crippen molar-refractivity contribution in [1.82, 2.24) is 15.1 Å². The highest BCUT2D eigenvalue weighted by Gasteiger charge is 2.26. The second kappa shape index (κ2) is 8.48. The Balaban J connectivity index is 1.24. The lowest BCUT2D eigenvalue weighted by atomic mass is 10.2. The summed E-state index contributed by atoms with van der Waals surface area (Å²) in [6, 6.07) is 11.0. The summed E-state index contributed by atoms with van der Waals surface area (Å²) < 4.78 is 5.65. The van der Waals surface area contributed by atoms with Crippen LogP contribution in [0.25, 0.3) is 11.0 Å². The summed E-state index contributed by atoms with van der Waals surface area (Å²) in [5, 5.41) is 7.27. The first-order valence-electron chi connectivity index (χ1n) is 9.48. The molecule has 1 aromatic carbocycles. The number of nitrogens with zero attached hydrogens (tertiary/aromatic N) is 2. The lowest BCUT2D eigenvalue weighted by molar-refractivity contribution is -0.132. The SMILES string of the molecule is O=C(NCCC(=O)N1CCN(C(=O)c2cc3ccccc3o2)CC1)c1ccsc1. The van der Waals surface area contributed by atoms with Gasteiger partial charge in [-0.05, 0) is 23.6 Å². The van der Waals surface area contributed by atoms with E-state index in [2.05, 4.69) is 5.32 Å². The lowest BCUT2D eigenvalue weighted by Crippen LogP contribution is -2.51. The summed E-state index contributed by atoms with van der Waals surface area (Å²) in [5.41, 5.74) is 1.30. The number of carbonyl (C=O) groups excluding carboxylic acids is 3. The molecule has 150 valence electrons. The van der Waals surface area contributed by atoms with Crippen LogP contribution in [0.5, 0.6) is 0 Å². The molecule has 0 spiro atoms. The van der Waals surface area contributed by atoms with Crippen LogP contribution in [0.1, 0.15) is 27.3 Å². The van der Waals surface area contributed by atoms with Crippen molar-refractivity contribution in [2.45, 2.75) is 6.42 Å². The quantitative estimate of drug-likeness (QED) is 0.700. The number of piperazine rings is 1. The summed E-state index contributed by atoms with van der Waals surface area (Å²) >= 11 is 1.46. The molecule has 3 amide bonds. The molecule has 1 fully saturated rings. The highest BCUT2D eigenvalue weighted by Crippen LogP contribution is 2.20. The van der Waals surface area contributed by atoms with E-state index in [9.17, 15) is 14.4 Å². The fourth-order valence-corrected chi connectivity index (χ4v) is 3.97. The fraction of sp³-hybridized carbons (Fsp3) is 0.286. The molecule has 0 atom stereocenters. The standard InChI is InChI=1S/C21H21N3O4S/c25-19(5-7-22-20(26)16-6-12-29-14-16)23-8-10-24(11-9-23)21(27)18-13-15-3-1-2-4-17(15)28-18/h1-4,6,12-14H,5,7-11H2,(H,22,26). The van der Waals surface area contributed by atoms with E-state index in [0.29, 0.717) is 49.6 Å². The predicted molar refractivity (Wildman–Crippen MR) is 110 cm³/mol. The van der Waals surface area contributed by atoms with E-state index in [-0.39, 0.29) is 24.1 Å². The van der Waals surface area contributed by atoms with E-state index in [4.69, 9.17) is 4.42 Å². The summed E-state index contributed by atoms with van der Waals surface area (Å²) in [7, 11) is 0. The van der Waals surface area contributed by atoms with Crippen molar-refractivity contribution >= 4 is 40.0 Å². The van der Waals surface area contributed by atoms with Crippen molar-refractivity contribution in [2.75, 3.05) is 32.7 Å². The van der Waals surface area contributed by atoms with Gasteiger partial charge in [-0.1, -0.05) is 18.2 Å². The molecule has 1 N–H and O–H groups in total. The molecule has 3 aromatic rings. The zero-order valence-corrected chi connectivity index (χ0v) is 16.6. The Labute approximate surface area is 171 Å². The Bertz CT molecular complexity index is 987. The Kier molecular flexibility index (Phi) is 5.62. The molecule has 1 saturated heterocycles. The number of rotatable bonds is 5. The van der Waals surface area contributed by atoms with Crippen molar-refractivity contribution in [3.05, 3.63) is 58.5 Å². The molecular formula is C21H21N3O4S. The Morgan fingerprint density at radius 3 is 2.52 bits per heavy atom. The topological polar surface area (TPSA) is 82.9 Å². The third-order valence-electron chi connectivity index (χ3n) is 4.96. The predicted octanol–water partition coefficient (Wildman–Crippen LogP) is 2.60. The molecular weight excluding hydrogens is 390 g/mol. The van der Waals surface area contributed by atoms with Gasteiger partial charge in [-0.25, -0.2) is 0 Å². The van der Waals surface area contributed by atoms with Crippen LogP contribution in [0.15, 0.2) is 51.6 Å². The van der Waals surface area contributed by atoms with E-state index in [0.717, 1.165) is 5.39 Å². The molecule has 3 heterocycles. The van der Waals surface area contributed by atoms with Gasteiger partial charge in [-0.3, -0.25) is 14.4 Å². The molecule has 0 saturated carbocycles. The van der Waals surface area contributed by atoms with Crippen LogP contribution in [-0.2, 0) is 4.79 Å². The van der Waals surface area contributed by atoms with Crippen molar-refractivity contribution < 1.29 is 18.8 Å². The monoisotopic (exact) mass is 411 g/mol. The summed E-state index contributed by atoms with van der Waals surface area (Å²) in [6.07, 6.45) is 0.243. The smallest absolute Gasteiger partial charge is 0.289 e. The molecule has 0 aliphatic carbocycles. The minimum Gasteiger partial charge on any atom is -0.451 e. The lowest BCUT2D eigenvalue weighted by Gasteiger charge is -2.34. The van der Waals surface area contributed by atoms with Crippen molar-refractivity contribution in [2.24, 2.45) is 0 Å². The van der Waals surface area contributed by atoms with Crippen LogP contribution < -0.4 is 5.32 Å². The Morgan fingerprint density at radius 1 is 1.03 bits per heavy atom.